The summed E-state index contributed by atoms with van der Waals surface area (Å²) in [6.45, 7) is 5.49. The largest absolute Gasteiger partial charge is 0.352 e. The fourth-order valence-electron chi connectivity index (χ4n) is 0.630. The van der Waals surface area contributed by atoms with Crippen molar-refractivity contribution in [3.05, 3.63) is 0 Å². The van der Waals surface area contributed by atoms with Crippen LogP contribution in [-0.4, -0.2) is 24.0 Å². The van der Waals surface area contributed by atoms with Gasteiger partial charge in [0.2, 0.25) is 5.91 Å². The van der Waals surface area contributed by atoms with E-state index in [9.17, 15) is 9.59 Å². The summed E-state index contributed by atoms with van der Waals surface area (Å²) >= 11 is 0. The third-order valence-electron chi connectivity index (χ3n) is 0.938. The molecule has 0 spiro atoms. The Hall–Kier alpha value is -1.26. The molecule has 4 N–H and O–H groups in total. The number of nitrogens with one attached hydrogen (secondary N) is 2. The summed E-state index contributed by atoms with van der Waals surface area (Å²) in [5, 5.41) is 4.86. The number of hydrogen-bond donors (Lipinski definition) is 3. The van der Waals surface area contributed by atoms with Gasteiger partial charge >= 0.3 is 6.03 Å². The van der Waals surface area contributed by atoms with Gasteiger partial charge in [0.25, 0.3) is 0 Å². The van der Waals surface area contributed by atoms with E-state index in [4.69, 9.17) is 5.73 Å². The number of carbonyl (C=O) groups excluding carboxylic acids is 2. The van der Waals surface area contributed by atoms with Crippen molar-refractivity contribution in [3.8, 4) is 0 Å². The first-order valence-corrected chi connectivity index (χ1v) is 3.65. The zero-order valence-electron chi connectivity index (χ0n) is 7.60. The highest BCUT2D eigenvalue weighted by Gasteiger charge is 2.13. The third-order valence-corrected chi connectivity index (χ3v) is 0.938. The van der Waals surface area contributed by atoms with Crippen LogP contribution < -0.4 is 16.4 Å². The average Bonchev–Trinajstić information content (AvgIpc) is 1.79. The molecule has 0 aromatic carbocycles. The average molecular weight is 173 g/mol. The highest BCUT2D eigenvalue weighted by atomic mass is 16.2. The maximum atomic E-state index is 11.0. The summed E-state index contributed by atoms with van der Waals surface area (Å²) in [6.07, 6.45) is 0. The van der Waals surface area contributed by atoms with Crippen LogP contribution in [0.25, 0.3) is 0 Å². The maximum absolute atomic E-state index is 11.0. The molecule has 0 atom stereocenters. The van der Waals surface area contributed by atoms with E-state index in [1.807, 2.05) is 20.8 Å². The lowest BCUT2D eigenvalue weighted by atomic mass is 10.1. The molecule has 0 radical (unpaired) electrons. The summed E-state index contributed by atoms with van der Waals surface area (Å²) in [7, 11) is 0. The van der Waals surface area contributed by atoms with Gasteiger partial charge in [-0.15, -0.1) is 0 Å². The Kier molecular flexibility index (Phi) is 3.53. The van der Waals surface area contributed by atoms with Gasteiger partial charge in [0, 0.05) is 5.54 Å². The highest BCUT2D eigenvalue weighted by Crippen LogP contribution is 1.96. The van der Waals surface area contributed by atoms with Gasteiger partial charge < -0.3 is 16.4 Å². The first-order chi connectivity index (χ1) is 5.31. The Labute approximate surface area is 71.7 Å². The minimum absolute atomic E-state index is 0.0768. The smallest absolute Gasteiger partial charge is 0.312 e. The summed E-state index contributed by atoms with van der Waals surface area (Å²) in [5.74, 6) is -0.249. The number of nitrogens with two attached hydrogens (primary N) is 1. The van der Waals surface area contributed by atoms with E-state index in [0.29, 0.717) is 0 Å². The van der Waals surface area contributed by atoms with E-state index in [-0.39, 0.29) is 18.0 Å². The van der Waals surface area contributed by atoms with Crippen molar-refractivity contribution in [2.75, 3.05) is 6.54 Å². The van der Waals surface area contributed by atoms with Gasteiger partial charge in [-0.2, -0.15) is 0 Å². The maximum Gasteiger partial charge on any atom is 0.312 e. The normalized spacial score (nSPS) is 10.6. The molecule has 0 fully saturated rings. The second kappa shape index (κ2) is 3.94. The Bertz CT molecular complexity index is 184. The first-order valence-electron chi connectivity index (χ1n) is 3.65. The van der Waals surface area contributed by atoms with Gasteiger partial charge in [0.15, 0.2) is 0 Å². The van der Waals surface area contributed by atoms with E-state index in [1.165, 1.54) is 0 Å². The number of urea groups is 1. The number of rotatable bonds is 2. The molecule has 0 aromatic rings. The van der Waals surface area contributed by atoms with Gasteiger partial charge in [-0.3, -0.25) is 4.79 Å². The van der Waals surface area contributed by atoms with Gasteiger partial charge in [0.1, 0.15) is 0 Å². The fraction of sp³-hybridized carbons (Fsp3) is 0.714. The number of amides is 3. The number of carbonyl (C=O) groups is 2. The molecular formula is C7H15N3O2. The summed E-state index contributed by atoms with van der Waals surface area (Å²) in [4.78, 5) is 21.2. The predicted octanol–water partition coefficient (Wildman–Crippen LogP) is -0.431. The van der Waals surface area contributed by atoms with Crippen molar-refractivity contribution in [1.29, 1.82) is 0 Å². The Morgan fingerprint density at radius 1 is 1.33 bits per heavy atom. The van der Waals surface area contributed by atoms with Crippen molar-refractivity contribution in [1.82, 2.24) is 10.6 Å². The molecule has 5 heteroatoms. The lowest BCUT2D eigenvalue weighted by molar-refractivity contribution is -0.121. The number of primary amides is 1. The summed E-state index contributed by atoms with van der Waals surface area (Å²) < 4.78 is 0. The molecule has 0 bridgehead atoms. The topological polar surface area (TPSA) is 84.2 Å². The molecule has 0 aliphatic carbocycles. The van der Waals surface area contributed by atoms with Crippen LogP contribution in [0.3, 0.4) is 0 Å². The molecule has 0 rings (SSSR count). The molecule has 12 heavy (non-hydrogen) atoms. The van der Waals surface area contributed by atoms with Crippen molar-refractivity contribution < 1.29 is 9.59 Å². The molecule has 0 aliphatic heterocycles. The van der Waals surface area contributed by atoms with Crippen molar-refractivity contribution in [3.63, 3.8) is 0 Å². The first kappa shape index (κ1) is 10.7. The Morgan fingerprint density at radius 3 is 2.17 bits per heavy atom. The van der Waals surface area contributed by atoms with Gasteiger partial charge in [0.05, 0.1) is 6.54 Å². The van der Waals surface area contributed by atoms with E-state index in [0.717, 1.165) is 0 Å². The van der Waals surface area contributed by atoms with Gasteiger partial charge in [-0.05, 0) is 20.8 Å². The molecule has 0 unspecified atom stereocenters. The minimum Gasteiger partial charge on any atom is -0.352 e. The molecule has 0 saturated carbocycles. The van der Waals surface area contributed by atoms with Crippen LogP contribution in [0.2, 0.25) is 0 Å². The van der Waals surface area contributed by atoms with Gasteiger partial charge in [-0.1, -0.05) is 0 Å². The third kappa shape index (κ3) is 6.85. The molecule has 70 valence electrons. The molecule has 0 aromatic heterocycles. The fourth-order valence-corrected chi connectivity index (χ4v) is 0.630. The van der Waals surface area contributed by atoms with E-state index in [2.05, 4.69) is 10.6 Å². The van der Waals surface area contributed by atoms with Crippen LogP contribution in [0, 0.1) is 0 Å². The quantitative estimate of drug-likeness (QED) is 0.529. The van der Waals surface area contributed by atoms with Crippen LogP contribution in [0.1, 0.15) is 20.8 Å². The molecule has 0 aliphatic rings. The Morgan fingerprint density at radius 2 is 1.83 bits per heavy atom. The summed E-state index contributed by atoms with van der Waals surface area (Å²) in [6, 6.07) is -0.695. The molecule has 3 amide bonds. The van der Waals surface area contributed by atoms with Crippen molar-refractivity contribution in [2.24, 2.45) is 5.73 Å². The standard InChI is InChI=1S/C7H15N3O2/c1-7(2,3)10-5(11)4-9-6(8)12/h4H2,1-3H3,(H,10,11)(H3,8,9,12). The van der Waals surface area contributed by atoms with Crippen LogP contribution >= 0.6 is 0 Å². The van der Waals surface area contributed by atoms with E-state index in [1.54, 1.807) is 0 Å². The van der Waals surface area contributed by atoms with E-state index < -0.39 is 6.03 Å². The van der Waals surface area contributed by atoms with Crippen LogP contribution in [0.5, 0.6) is 0 Å². The van der Waals surface area contributed by atoms with Crippen molar-refractivity contribution >= 4 is 11.9 Å². The molecule has 0 saturated heterocycles. The van der Waals surface area contributed by atoms with Crippen LogP contribution in [-0.2, 0) is 4.79 Å². The van der Waals surface area contributed by atoms with E-state index >= 15 is 0 Å². The lowest BCUT2D eigenvalue weighted by Crippen LogP contribution is -2.46. The monoisotopic (exact) mass is 173 g/mol. The zero-order chi connectivity index (χ0) is 9.78. The highest BCUT2D eigenvalue weighted by molar-refractivity contribution is 5.83. The van der Waals surface area contributed by atoms with Crippen LogP contribution in [0.4, 0.5) is 4.79 Å². The van der Waals surface area contributed by atoms with Crippen molar-refractivity contribution in [2.45, 2.75) is 26.3 Å². The SMILES string of the molecule is CC(C)(C)NC(=O)CNC(N)=O. The molecule has 5 nitrogen and oxygen atoms in total. The zero-order valence-corrected chi connectivity index (χ0v) is 7.60. The molecule has 0 heterocycles. The number of hydrogen-bond acceptors (Lipinski definition) is 2. The molecular weight excluding hydrogens is 158 g/mol. The Balaban J connectivity index is 3.68. The lowest BCUT2D eigenvalue weighted by Gasteiger charge is -2.20. The predicted molar refractivity (Wildman–Crippen MR) is 45.5 cm³/mol. The second-order valence-electron chi connectivity index (χ2n) is 3.52. The van der Waals surface area contributed by atoms with Gasteiger partial charge in [-0.25, -0.2) is 4.79 Å². The second-order valence-corrected chi connectivity index (χ2v) is 3.52. The van der Waals surface area contributed by atoms with Crippen LogP contribution in [0.15, 0.2) is 0 Å². The summed E-state index contributed by atoms with van der Waals surface area (Å²) in [5.41, 5.74) is 4.49. The minimum atomic E-state index is -0.695.